The number of hydrogen-bond acceptors (Lipinski definition) is 2. The summed E-state index contributed by atoms with van der Waals surface area (Å²) in [5, 5.41) is 0. The number of hydrogen-bond donors (Lipinski definition) is 0. The highest BCUT2D eigenvalue weighted by Gasteiger charge is 2.34. The molecule has 0 radical (unpaired) electrons. The lowest BCUT2D eigenvalue weighted by Crippen LogP contribution is -2.50. The van der Waals surface area contributed by atoms with Crippen molar-refractivity contribution in [3.8, 4) is 0 Å². The van der Waals surface area contributed by atoms with Gasteiger partial charge in [0.05, 0.1) is 0 Å². The van der Waals surface area contributed by atoms with Gasteiger partial charge in [-0.3, -0.25) is 9.69 Å². The zero-order valence-corrected chi connectivity index (χ0v) is 12.7. The summed E-state index contributed by atoms with van der Waals surface area (Å²) in [4.78, 5) is 15.2. The third kappa shape index (κ3) is 5.49. The van der Waals surface area contributed by atoms with E-state index in [1.807, 2.05) is 0 Å². The molecule has 1 heterocycles. The Morgan fingerprint density at radius 1 is 1.05 bits per heavy atom. The van der Waals surface area contributed by atoms with Gasteiger partial charge in [0.2, 0.25) is 5.91 Å². The molecule has 21 heavy (non-hydrogen) atoms. The fourth-order valence-corrected chi connectivity index (χ4v) is 3.34. The van der Waals surface area contributed by atoms with E-state index in [0.717, 1.165) is 18.4 Å². The van der Waals surface area contributed by atoms with Gasteiger partial charge < -0.3 is 4.90 Å². The first-order valence-corrected chi connectivity index (χ1v) is 7.90. The van der Waals surface area contributed by atoms with E-state index in [9.17, 15) is 18.0 Å². The third-order valence-electron chi connectivity index (χ3n) is 4.73. The molecule has 1 saturated carbocycles. The monoisotopic (exact) mass is 306 g/mol. The topological polar surface area (TPSA) is 23.6 Å². The molecule has 3 nitrogen and oxygen atoms in total. The molecule has 1 amide bonds. The van der Waals surface area contributed by atoms with Gasteiger partial charge in [-0.25, -0.2) is 0 Å². The summed E-state index contributed by atoms with van der Waals surface area (Å²) in [5.41, 5.74) is 0. The van der Waals surface area contributed by atoms with Crippen LogP contribution in [-0.2, 0) is 4.79 Å². The van der Waals surface area contributed by atoms with Gasteiger partial charge in [-0.05, 0) is 24.7 Å². The van der Waals surface area contributed by atoms with Crippen LogP contribution in [0.1, 0.15) is 39.0 Å². The van der Waals surface area contributed by atoms with Gasteiger partial charge >= 0.3 is 6.18 Å². The molecule has 1 aliphatic heterocycles. The number of piperazine rings is 1. The zero-order chi connectivity index (χ0) is 15.5. The first-order chi connectivity index (χ1) is 9.83. The Morgan fingerprint density at radius 3 is 2.14 bits per heavy atom. The maximum absolute atomic E-state index is 12.2. The lowest BCUT2D eigenvalue weighted by Gasteiger charge is -2.38. The van der Waals surface area contributed by atoms with E-state index < -0.39 is 18.5 Å². The van der Waals surface area contributed by atoms with Crippen LogP contribution in [0.15, 0.2) is 0 Å². The van der Waals surface area contributed by atoms with E-state index in [0.29, 0.717) is 26.2 Å². The minimum atomic E-state index is -4.40. The predicted molar refractivity (Wildman–Crippen MR) is 74.8 cm³/mol. The van der Waals surface area contributed by atoms with Crippen molar-refractivity contribution in [1.29, 1.82) is 0 Å². The van der Waals surface area contributed by atoms with Crippen molar-refractivity contribution in [2.24, 2.45) is 11.8 Å². The SMILES string of the molecule is CC1CCC(CN2CCN(C(=O)CC(F)(F)F)CC2)CC1. The Balaban J connectivity index is 1.69. The predicted octanol–water partition coefficient (Wildman–Crippen LogP) is 2.91. The second-order valence-corrected chi connectivity index (χ2v) is 6.60. The molecule has 0 atom stereocenters. The Bertz CT molecular complexity index is 343. The number of amides is 1. The molecule has 0 aromatic carbocycles. The van der Waals surface area contributed by atoms with Crippen LogP contribution < -0.4 is 0 Å². The van der Waals surface area contributed by atoms with Gasteiger partial charge in [-0.2, -0.15) is 13.2 Å². The summed E-state index contributed by atoms with van der Waals surface area (Å²) in [6.07, 6.45) is -0.632. The van der Waals surface area contributed by atoms with E-state index in [2.05, 4.69) is 11.8 Å². The van der Waals surface area contributed by atoms with Gasteiger partial charge in [0.15, 0.2) is 0 Å². The molecule has 2 rings (SSSR count). The summed E-state index contributed by atoms with van der Waals surface area (Å²) in [5.74, 6) is 0.769. The fraction of sp³-hybridized carbons (Fsp3) is 0.933. The second-order valence-electron chi connectivity index (χ2n) is 6.60. The van der Waals surface area contributed by atoms with Crippen LogP contribution in [0.5, 0.6) is 0 Å². The van der Waals surface area contributed by atoms with E-state index in [-0.39, 0.29) is 0 Å². The van der Waals surface area contributed by atoms with E-state index in [4.69, 9.17) is 0 Å². The second kappa shape index (κ2) is 6.99. The fourth-order valence-electron chi connectivity index (χ4n) is 3.34. The van der Waals surface area contributed by atoms with Crippen LogP contribution in [0.25, 0.3) is 0 Å². The van der Waals surface area contributed by atoms with Crippen molar-refractivity contribution in [2.45, 2.75) is 45.2 Å². The summed E-state index contributed by atoms with van der Waals surface area (Å²) < 4.78 is 36.7. The molecule has 2 fully saturated rings. The van der Waals surface area contributed by atoms with E-state index >= 15 is 0 Å². The highest BCUT2D eigenvalue weighted by Crippen LogP contribution is 2.29. The number of rotatable bonds is 3. The third-order valence-corrected chi connectivity index (χ3v) is 4.73. The minimum Gasteiger partial charge on any atom is -0.340 e. The Morgan fingerprint density at radius 2 is 1.62 bits per heavy atom. The molecule has 0 aromatic heterocycles. The molecule has 0 unspecified atom stereocenters. The van der Waals surface area contributed by atoms with E-state index in [1.54, 1.807) is 0 Å². The first-order valence-electron chi connectivity index (χ1n) is 7.90. The van der Waals surface area contributed by atoms with Crippen LogP contribution in [0, 0.1) is 11.8 Å². The lowest BCUT2D eigenvalue weighted by atomic mass is 9.83. The highest BCUT2D eigenvalue weighted by molar-refractivity contribution is 5.76. The number of halogens is 3. The van der Waals surface area contributed by atoms with Gasteiger partial charge in [-0.15, -0.1) is 0 Å². The quantitative estimate of drug-likeness (QED) is 0.800. The standard InChI is InChI=1S/C15H25F3N2O/c1-12-2-4-13(5-3-12)11-19-6-8-20(9-7-19)14(21)10-15(16,17)18/h12-13H,2-11H2,1H3. The smallest absolute Gasteiger partial charge is 0.340 e. The molecule has 122 valence electrons. The molecule has 6 heteroatoms. The van der Waals surface area contributed by atoms with Crippen molar-refractivity contribution in [3.05, 3.63) is 0 Å². The summed E-state index contributed by atoms with van der Waals surface area (Å²) >= 11 is 0. The Hall–Kier alpha value is -0.780. The maximum atomic E-state index is 12.2. The largest absolute Gasteiger partial charge is 0.397 e. The van der Waals surface area contributed by atoms with Crippen LogP contribution in [0.3, 0.4) is 0 Å². The van der Waals surface area contributed by atoms with Gasteiger partial charge in [0, 0.05) is 32.7 Å². The number of carbonyl (C=O) groups is 1. The number of carbonyl (C=O) groups excluding carboxylic acids is 1. The van der Waals surface area contributed by atoms with E-state index in [1.165, 1.54) is 30.6 Å². The van der Waals surface area contributed by atoms with Gasteiger partial charge in [-0.1, -0.05) is 19.8 Å². The van der Waals surface area contributed by atoms with Crippen LogP contribution in [-0.4, -0.2) is 54.6 Å². The molecule has 0 aromatic rings. The average Bonchev–Trinajstić information content (AvgIpc) is 2.40. The van der Waals surface area contributed by atoms with Crippen LogP contribution >= 0.6 is 0 Å². The first kappa shape index (κ1) is 16.6. The minimum absolute atomic E-state index is 0.429. The molecule has 0 spiro atoms. The Labute approximate surface area is 124 Å². The summed E-state index contributed by atoms with van der Waals surface area (Å²) in [6.45, 7) is 5.59. The molecular weight excluding hydrogens is 281 g/mol. The molecule has 1 aliphatic carbocycles. The molecule has 2 aliphatic rings. The van der Waals surface area contributed by atoms with Crippen molar-refractivity contribution < 1.29 is 18.0 Å². The van der Waals surface area contributed by atoms with Crippen molar-refractivity contribution in [3.63, 3.8) is 0 Å². The Kier molecular flexibility index (Phi) is 5.52. The van der Waals surface area contributed by atoms with Crippen molar-refractivity contribution in [2.75, 3.05) is 32.7 Å². The van der Waals surface area contributed by atoms with Gasteiger partial charge in [0.25, 0.3) is 0 Å². The molecule has 1 saturated heterocycles. The van der Waals surface area contributed by atoms with Crippen molar-refractivity contribution >= 4 is 5.91 Å². The molecule has 0 bridgehead atoms. The van der Waals surface area contributed by atoms with Crippen LogP contribution in [0.4, 0.5) is 13.2 Å². The summed E-state index contributed by atoms with van der Waals surface area (Å²) in [7, 11) is 0. The summed E-state index contributed by atoms with van der Waals surface area (Å²) in [6, 6.07) is 0. The number of alkyl halides is 3. The normalized spacial score (nSPS) is 28.7. The molecule has 0 N–H and O–H groups in total. The van der Waals surface area contributed by atoms with Gasteiger partial charge in [0.1, 0.15) is 6.42 Å². The van der Waals surface area contributed by atoms with Crippen LogP contribution in [0.2, 0.25) is 0 Å². The highest BCUT2D eigenvalue weighted by atomic mass is 19.4. The zero-order valence-electron chi connectivity index (χ0n) is 12.7. The average molecular weight is 306 g/mol. The molecular formula is C15H25F3N2O. The lowest BCUT2D eigenvalue weighted by molar-refractivity contribution is -0.162. The number of nitrogens with zero attached hydrogens (tertiary/aromatic N) is 2. The maximum Gasteiger partial charge on any atom is 0.397 e. The van der Waals surface area contributed by atoms with Crippen molar-refractivity contribution in [1.82, 2.24) is 9.80 Å².